The molecule has 1 aliphatic rings. The summed E-state index contributed by atoms with van der Waals surface area (Å²) in [5, 5.41) is 0. The standard InChI is InChI=1S/C14H22N4O3S/c1-17(14(19)10-16-22(2,20)21)12-6-5-9-18(11-12)13-7-3-4-8-15-13/h3-4,7-8,12,16H,5-6,9-11H2,1-2H3. The molecule has 1 aliphatic heterocycles. The van der Waals surface area contributed by atoms with E-state index in [4.69, 9.17) is 0 Å². The van der Waals surface area contributed by atoms with Crippen LogP contribution in [0.4, 0.5) is 5.82 Å². The van der Waals surface area contributed by atoms with Crippen molar-refractivity contribution in [2.45, 2.75) is 18.9 Å². The van der Waals surface area contributed by atoms with Crippen molar-refractivity contribution in [1.29, 1.82) is 0 Å². The fraction of sp³-hybridized carbons (Fsp3) is 0.571. The van der Waals surface area contributed by atoms with Gasteiger partial charge in [0.25, 0.3) is 0 Å². The quantitative estimate of drug-likeness (QED) is 0.827. The zero-order chi connectivity index (χ0) is 16.2. The number of amides is 1. The van der Waals surface area contributed by atoms with Crippen LogP contribution in [0.25, 0.3) is 0 Å². The van der Waals surface area contributed by atoms with E-state index in [1.165, 1.54) is 0 Å². The third-order valence-electron chi connectivity index (χ3n) is 3.80. The van der Waals surface area contributed by atoms with Gasteiger partial charge in [-0.25, -0.2) is 18.1 Å². The average Bonchev–Trinajstić information content (AvgIpc) is 2.52. The molecule has 22 heavy (non-hydrogen) atoms. The minimum atomic E-state index is -3.36. The van der Waals surface area contributed by atoms with Crippen LogP contribution in [0.2, 0.25) is 0 Å². The first-order valence-electron chi connectivity index (χ1n) is 7.23. The third-order valence-corrected chi connectivity index (χ3v) is 4.47. The van der Waals surface area contributed by atoms with E-state index in [0.717, 1.165) is 31.5 Å². The first-order valence-corrected chi connectivity index (χ1v) is 9.12. The summed E-state index contributed by atoms with van der Waals surface area (Å²) in [5.41, 5.74) is 0. The Morgan fingerprint density at radius 1 is 1.50 bits per heavy atom. The number of likely N-dealkylation sites (N-methyl/N-ethyl adjacent to an activating group) is 1. The van der Waals surface area contributed by atoms with Gasteiger partial charge in [0, 0.05) is 32.4 Å². The summed E-state index contributed by atoms with van der Waals surface area (Å²) >= 11 is 0. The molecule has 1 aromatic heterocycles. The monoisotopic (exact) mass is 326 g/mol. The summed E-state index contributed by atoms with van der Waals surface area (Å²) in [6.45, 7) is 1.42. The number of sulfonamides is 1. The Morgan fingerprint density at radius 3 is 2.91 bits per heavy atom. The van der Waals surface area contributed by atoms with Gasteiger partial charge < -0.3 is 9.80 Å². The van der Waals surface area contributed by atoms with Gasteiger partial charge in [0.2, 0.25) is 15.9 Å². The van der Waals surface area contributed by atoms with E-state index in [1.807, 2.05) is 18.2 Å². The molecule has 1 N–H and O–H groups in total. The van der Waals surface area contributed by atoms with Gasteiger partial charge in [0.1, 0.15) is 5.82 Å². The Hall–Kier alpha value is -1.67. The van der Waals surface area contributed by atoms with E-state index >= 15 is 0 Å². The van der Waals surface area contributed by atoms with Crippen molar-refractivity contribution in [2.75, 3.05) is 37.8 Å². The molecule has 2 rings (SSSR count). The maximum absolute atomic E-state index is 12.1. The number of nitrogens with zero attached hydrogens (tertiary/aromatic N) is 3. The van der Waals surface area contributed by atoms with E-state index in [9.17, 15) is 13.2 Å². The summed E-state index contributed by atoms with van der Waals surface area (Å²) in [6.07, 6.45) is 4.68. The van der Waals surface area contributed by atoms with Crippen molar-refractivity contribution in [3.05, 3.63) is 24.4 Å². The van der Waals surface area contributed by atoms with Crippen LogP contribution in [0.5, 0.6) is 0 Å². The molecule has 0 aliphatic carbocycles. The van der Waals surface area contributed by atoms with Crippen molar-refractivity contribution in [1.82, 2.24) is 14.6 Å². The predicted octanol–water partition coefficient (Wildman–Crippen LogP) is 0.0580. The fourth-order valence-electron chi connectivity index (χ4n) is 2.54. The van der Waals surface area contributed by atoms with Gasteiger partial charge in [-0.1, -0.05) is 6.07 Å². The van der Waals surface area contributed by atoms with E-state index in [0.29, 0.717) is 6.54 Å². The van der Waals surface area contributed by atoms with Gasteiger partial charge in [-0.3, -0.25) is 4.79 Å². The van der Waals surface area contributed by atoms with Crippen LogP contribution in [0.3, 0.4) is 0 Å². The lowest BCUT2D eigenvalue weighted by Gasteiger charge is -2.38. The van der Waals surface area contributed by atoms with Crippen molar-refractivity contribution in [3.8, 4) is 0 Å². The number of carbonyl (C=O) groups excluding carboxylic acids is 1. The third kappa shape index (κ3) is 4.67. The van der Waals surface area contributed by atoms with Crippen molar-refractivity contribution >= 4 is 21.7 Å². The van der Waals surface area contributed by atoms with Crippen molar-refractivity contribution in [2.24, 2.45) is 0 Å². The lowest BCUT2D eigenvalue weighted by molar-refractivity contribution is -0.130. The summed E-state index contributed by atoms with van der Waals surface area (Å²) < 4.78 is 24.4. The number of rotatable bonds is 5. The summed E-state index contributed by atoms with van der Waals surface area (Å²) in [4.78, 5) is 20.2. The minimum absolute atomic E-state index is 0.0598. The normalized spacial score (nSPS) is 19.0. The lowest BCUT2D eigenvalue weighted by Crippen LogP contribution is -2.51. The molecule has 0 bridgehead atoms. The van der Waals surface area contributed by atoms with Crippen LogP contribution < -0.4 is 9.62 Å². The molecular weight excluding hydrogens is 304 g/mol. The second-order valence-electron chi connectivity index (χ2n) is 5.53. The number of aromatic nitrogens is 1. The molecule has 0 spiro atoms. The van der Waals surface area contributed by atoms with Crippen LogP contribution in [0.15, 0.2) is 24.4 Å². The van der Waals surface area contributed by atoms with E-state index in [-0.39, 0.29) is 18.5 Å². The van der Waals surface area contributed by atoms with Crippen molar-refractivity contribution in [3.63, 3.8) is 0 Å². The summed E-state index contributed by atoms with van der Waals surface area (Å²) in [5.74, 6) is 0.681. The van der Waals surface area contributed by atoms with Crippen LogP contribution in [0.1, 0.15) is 12.8 Å². The smallest absolute Gasteiger partial charge is 0.237 e. The highest BCUT2D eigenvalue weighted by Gasteiger charge is 2.26. The number of piperidine rings is 1. The molecular formula is C14H22N4O3S. The first-order chi connectivity index (χ1) is 10.4. The maximum atomic E-state index is 12.1. The number of hydrogen-bond donors (Lipinski definition) is 1. The summed E-state index contributed by atoms with van der Waals surface area (Å²) in [6, 6.07) is 5.83. The molecule has 1 saturated heterocycles. The number of hydrogen-bond acceptors (Lipinski definition) is 5. The lowest BCUT2D eigenvalue weighted by atomic mass is 10.0. The van der Waals surface area contributed by atoms with Gasteiger partial charge in [-0.2, -0.15) is 0 Å². The number of carbonyl (C=O) groups is 1. The number of anilines is 1. The Balaban J connectivity index is 1.95. The second kappa shape index (κ2) is 7.06. The minimum Gasteiger partial charge on any atom is -0.355 e. The Kier molecular flexibility index (Phi) is 5.36. The Bertz CT molecular complexity index is 606. The molecule has 2 heterocycles. The zero-order valence-electron chi connectivity index (χ0n) is 12.9. The maximum Gasteiger partial charge on any atom is 0.237 e. The molecule has 7 nitrogen and oxygen atoms in total. The predicted molar refractivity (Wildman–Crippen MR) is 85.1 cm³/mol. The Labute approximate surface area is 131 Å². The van der Waals surface area contributed by atoms with Crippen LogP contribution in [-0.4, -0.2) is 63.2 Å². The molecule has 0 radical (unpaired) electrons. The largest absolute Gasteiger partial charge is 0.355 e. The van der Waals surface area contributed by atoms with Gasteiger partial charge in [0.15, 0.2) is 0 Å². The average molecular weight is 326 g/mol. The highest BCUT2D eigenvalue weighted by Crippen LogP contribution is 2.19. The molecule has 1 unspecified atom stereocenters. The van der Waals surface area contributed by atoms with Crippen LogP contribution in [-0.2, 0) is 14.8 Å². The van der Waals surface area contributed by atoms with Crippen LogP contribution >= 0.6 is 0 Å². The van der Waals surface area contributed by atoms with Gasteiger partial charge in [-0.05, 0) is 25.0 Å². The molecule has 0 saturated carbocycles. The van der Waals surface area contributed by atoms with Crippen molar-refractivity contribution < 1.29 is 13.2 Å². The molecule has 8 heteroatoms. The molecule has 0 aromatic carbocycles. The van der Waals surface area contributed by atoms with Gasteiger partial charge >= 0.3 is 0 Å². The van der Waals surface area contributed by atoms with Gasteiger partial charge in [-0.15, -0.1) is 0 Å². The molecule has 1 amide bonds. The number of nitrogens with one attached hydrogen (secondary N) is 1. The highest BCUT2D eigenvalue weighted by molar-refractivity contribution is 7.88. The van der Waals surface area contributed by atoms with Gasteiger partial charge in [0.05, 0.1) is 12.8 Å². The molecule has 1 atom stereocenters. The highest BCUT2D eigenvalue weighted by atomic mass is 32.2. The van der Waals surface area contributed by atoms with E-state index in [1.54, 1.807) is 18.1 Å². The SMILES string of the molecule is CN(C(=O)CNS(C)(=O)=O)C1CCCN(c2ccccn2)C1. The van der Waals surface area contributed by atoms with E-state index < -0.39 is 10.0 Å². The molecule has 122 valence electrons. The Morgan fingerprint density at radius 2 is 2.27 bits per heavy atom. The molecule has 1 aromatic rings. The topological polar surface area (TPSA) is 82.6 Å². The van der Waals surface area contributed by atoms with Crippen LogP contribution in [0, 0.1) is 0 Å². The first kappa shape index (κ1) is 16.7. The second-order valence-corrected chi connectivity index (χ2v) is 7.36. The fourth-order valence-corrected chi connectivity index (χ4v) is 2.93. The summed E-state index contributed by atoms with van der Waals surface area (Å²) in [7, 11) is -1.63. The zero-order valence-corrected chi connectivity index (χ0v) is 13.7. The number of pyridine rings is 1. The van der Waals surface area contributed by atoms with E-state index in [2.05, 4.69) is 14.6 Å². The molecule has 1 fully saturated rings.